The third-order valence-corrected chi connectivity index (χ3v) is 5.29. The number of aryl methyl sites for hydroxylation is 1. The maximum absolute atomic E-state index is 14.1. The topological polar surface area (TPSA) is 8.17 Å². The second-order valence-electron chi connectivity index (χ2n) is 7.28. The first-order chi connectivity index (χ1) is 12.7. The van der Waals surface area contributed by atoms with E-state index in [-0.39, 0.29) is 5.82 Å². The van der Waals surface area contributed by atoms with Crippen molar-refractivity contribution in [3.8, 4) is 0 Å². The Hall–Kier alpha value is -2.39. The van der Waals surface area contributed by atoms with Crippen molar-refractivity contribution in [2.45, 2.75) is 45.4 Å². The predicted octanol–water partition coefficient (Wildman–Crippen LogP) is 5.15. The zero-order valence-corrected chi connectivity index (χ0v) is 15.2. The summed E-state index contributed by atoms with van der Waals surface area (Å²) in [5.41, 5.74) is 4.74. The van der Waals surface area contributed by atoms with Gasteiger partial charge in [0.05, 0.1) is 0 Å². The van der Waals surface area contributed by atoms with E-state index in [1.165, 1.54) is 29.7 Å². The molecule has 26 heavy (non-hydrogen) atoms. The Balaban J connectivity index is 1.51. The van der Waals surface area contributed by atoms with Crippen molar-refractivity contribution in [3.63, 3.8) is 0 Å². The highest BCUT2D eigenvalue weighted by Crippen LogP contribution is 2.30. The van der Waals surface area contributed by atoms with Gasteiger partial charge in [0, 0.05) is 43.1 Å². The maximum Gasteiger partial charge on any atom is 0.127 e. The van der Waals surface area contributed by atoms with Gasteiger partial charge in [-0.15, -0.1) is 0 Å². The second kappa shape index (κ2) is 7.46. The van der Waals surface area contributed by atoms with Crippen LogP contribution in [0.25, 0.3) is 0 Å². The monoisotopic (exact) mass is 348 g/mol. The first kappa shape index (κ1) is 17.0. The third-order valence-electron chi connectivity index (χ3n) is 5.29. The van der Waals surface area contributed by atoms with Crippen LogP contribution in [0.15, 0.2) is 66.9 Å². The molecule has 134 valence electrons. The van der Waals surface area contributed by atoms with E-state index in [9.17, 15) is 4.39 Å². The zero-order valence-electron chi connectivity index (χ0n) is 15.2. The largest absolute Gasteiger partial charge is 0.346 e. The summed E-state index contributed by atoms with van der Waals surface area (Å²) in [5.74, 6) is -0.103. The first-order valence-corrected chi connectivity index (χ1v) is 9.36. The predicted molar refractivity (Wildman–Crippen MR) is 103 cm³/mol. The van der Waals surface area contributed by atoms with Gasteiger partial charge in [0.25, 0.3) is 0 Å². The third kappa shape index (κ3) is 3.88. The van der Waals surface area contributed by atoms with Gasteiger partial charge in [0.15, 0.2) is 0 Å². The smallest absolute Gasteiger partial charge is 0.127 e. The lowest BCUT2D eigenvalue weighted by atomic mass is 10.1. The molecule has 0 amide bonds. The minimum absolute atomic E-state index is 0.103. The molecular weight excluding hydrogens is 323 g/mol. The standard InChI is InChI=1S/C23H25FN2/c1-18-7-2-3-8-19(18)15-25-14-6-10-22(25)17-26(21-12-13-21)16-20-9-4-5-11-23(20)24/h2-11,14,21H,12-13,15-17H2,1H3. The average molecular weight is 348 g/mol. The van der Waals surface area contributed by atoms with Crippen LogP contribution in [0.3, 0.4) is 0 Å². The maximum atomic E-state index is 14.1. The molecule has 0 spiro atoms. The summed E-state index contributed by atoms with van der Waals surface area (Å²) in [7, 11) is 0. The Labute approximate surface area is 154 Å². The van der Waals surface area contributed by atoms with Gasteiger partial charge in [0.1, 0.15) is 5.82 Å². The number of nitrogens with zero attached hydrogens (tertiary/aromatic N) is 2. The van der Waals surface area contributed by atoms with Crippen LogP contribution >= 0.6 is 0 Å². The Morgan fingerprint density at radius 2 is 1.65 bits per heavy atom. The van der Waals surface area contributed by atoms with Crippen molar-refractivity contribution >= 4 is 0 Å². The molecule has 4 rings (SSSR count). The van der Waals surface area contributed by atoms with Gasteiger partial charge < -0.3 is 4.57 Å². The Morgan fingerprint density at radius 3 is 2.38 bits per heavy atom. The lowest BCUT2D eigenvalue weighted by molar-refractivity contribution is 0.236. The van der Waals surface area contributed by atoms with Crippen LogP contribution in [0.4, 0.5) is 4.39 Å². The van der Waals surface area contributed by atoms with Crippen LogP contribution in [0.5, 0.6) is 0 Å². The normalized spacial score (nSPS) is 14.1. The minimum atomic E-state index is -0.103. The summed E-state index contributed by atoms with van der Waals surface area (Å²) in [4.78, 5) is 2.42. The van der Waals surface area contributed by atoms with Crippen LogP contribution in [0.2, 0.25) is 0 Å². The fraction of sp³-hybridized carbons (Fsp3) is 0.304. The fourth-order valence-corrected chi connectivity index (χ4v) is 3.53. The van der Waals surface area contributed by atoms with E-state index in [0.29, 0.717) is 12.6 Å². The van der Waals surface area contributed by atoms with E-state index < -0.39 is 0 Å². The number of benzene rings is 2. The summed E-state index contributed by atoms with van der Waals surface area (Å²) in [6.45, 7) is 4.57. The number of rotatable bonds is 7. The molecule has 3 aromatic rings. The average Bonchev–Trinajstić information content (AvgIpc) is 3.40. The van der Waals surface area contributed by atoms with Gasteiger partial charge in [-0.05, 0) is 49.1 Å². The van der Waals surface area contributed by atoms with Crippen LogP contribution in [-0.4, -0.2) is 15.5 Å². The highest BCUT2D eigenvalue weighted by atomic mass is 19.1. The lowest BCUT2D eigenvalue weighted by Crippen LogP contribution is -2.27. The molecule has 0 radical (unpaired) electrons. The minimum Gasteiger partial charge on any atom is -0.346 e. The van der Waals surface area contributed by atoms with Crippen molar-refractivity contribution < 1.29 is 4.39 Å². The molecule has 1 heterocycles. The van der Waals surface area contributed by atoms with Crippen molar-refractivity contribution in [1.82, 2.24) is 9.47 Å². The Bertz CT molecular complexity index is 879. The van der Waals surface area contributed by atoms with E-state index in [1.54, 1.807) is 12.1 Å². The SMILES string of the molecule is Cc1ccccc1Cn1cccc1CN(Cc1ccccc1F)C1CC1. The van der Waals surface area contributed by atoms with E-state index in [4.69, 9.17) is 0 Å². The quantitative estimate of drug-likeness (QED) is 0.573. The van der Waals surface area contributed by atoms with Crippen molar-refractivity contribution in [1.29, 1.82) is 0 Å². The molecule has 2 nitrogen and oxygen atoms in total. The molecule has 1 aromatic heterocycles. The molecule has 0 bridgehead atoms. The van der Waals surface area contributed by atoms with Gasteiger partial charge in [-0.1, -0.05) is 42.5 Å². The molecule has 1 saturated carbocycles. The molecule has 1 fully saturated rings. The second-order valence-corrected chi connectivity index (χ2v) is 7.28. The molecule has 1 aliphatic rings. The number of hydrogen-bond acceptors (Lipinski definition) is 1. The van der Waals surface area contributed by atoms with Crippen molar-refractivity contribution in [2.24, 2.45) is 0 Å². The van der Waals surface area contributed by atoms with E-state index in [0.717, 1.165) is 18.7 Å². The Kier molecular flexibility index (Phi) is 4.89. The van der Waals surface area contributed by atoms with E-state index in [2.05, 4.69) is 59.0 Å². The lowest BCUT2D eigenvalue weighted by Gasteiger charge is -2.23. The summed E-state index contributed by atoms with van der Waals surface area (Å²) in [6.07, 6.45) is 4.58. The highest BCUT2D eigenvalue weighted by molar-refractivity contribution is 5.27. The fourth-order valence-electron chi connectivity index (χ4n) is 3.53. The molecule has 0 N–H and O–H groups in total. The van der Waals surface area contributed by atoms with Gasteiger partial charge >= 0.3 is 0 Å². The van der Waals surface area contributed by atoms with Crippen LogP contribution in [0, 0.1) is 12.7 Å². The Morgan fingerprint density at radius 1 is 0.923 bits per heavy atom. The van der Waals surface area contributed by atoms with Crippen LogP contribution in [0.1, 0.15) is 35.2 Å². The zero-order chi connectivity index (χ0) is 17.9. The molecule has 1 aliphatic carbocycles. The molecule has 0 atom stereocenters. The van der Waals surface area contributed by atoms with Gasteiger partial charge in [0.2, 0.25) is 0 Å². The summed E-state index contributed by atoms with van der Waals surface area (Å²) in [6, 6.07) is 20.5. The number of aromatic nitrogens is 1. The van der Waals surface area contributed by atoms with E-state index in [1.807, 2.05) is 12.1 Å². The van der Waals surface area contributed by atoms with Gasteiger partial charge in [-0.3, -0.25) is 4.90 Å². The molecule has 0 aliphatic heterocycles. The van der Waals surface area contributed by atoms with Crippen molar-refractivity contribution in [2.75, 3.05) is 0 Å². The molecule has 0 saturated heterocycles. The summed E-state index contributed by atoms with van der Waals surface area (Å²) < 4.78 is 16.4. The molecule has 2 aromatic carbocycles. The molecule has 3 heteroatoms. The van der Waals surface area contributed by atoms with Crippen molar-refractivity contribution in [3.05, 3.63) is 95.1 Å². The van der Waals surface area contributed by atoms with E-state index >= 15 is 0 Å². The van der Waals surface area contributed by atoms with Gasteiger partial charge in [-0.2, -0.15) is 0 Å². The van der Waals surface area contributed by atoms with Gasteiger partial charge in [-0.25, -0.2) is 4.39 Å². The van der Waals surface area contributed by atoms with Crippen LogP contribution < -0.4 is 0 Å². The number of halogens is 1. The molecule has 0 unspecified atom stereocenters. The van der Waals surface area contributed by atoms with Crippen LogP contribution in [-0.2, 0) is 19.6 Å². The first-order valence-electron chi connectivity index (χ1n) is 9.36. The number of hydrogen-bond donors (Lipinski definition) is 0. The highest BCUT2D eigenvalue weighted by Gasteiger charge is 2.30. The summed E-state index contributed by atoms with van der Waals surface area (Å²) in [5, 5.41) is 0. The molecular formula is C23H25FN2. The summed E-state index contributed by atoms with van der Waals surface area (Å²) >= 11 is 0.